The van der Waals surface area contributed by atoms with E-state index in [2.05, 4.69) is 10.6 Å². The number of hydrogen-bond donors (Lipinski definition) is 2. The van der Waals surface area contributed by atoms with Crippen LogP contribution in [0.4, 0.5) is 24.5 Å². The van der Waals surface area contributed by atoms with Gasteiger partial charge in [-0.05, 0) is 66.7 Å². The first-order valence-corrected chi connectivity index (χ1v) is 9.40. The van der Waals surface area contributed by atoms with E-state index in [9.17, 15) is 22.8 Å². The van der Waals surface area contributed by atoms with Gasteiger partial charge in [0.2, 0.25) is 0 Å². The molecule has 0 saturated carbocycles. The first-order chi connectivity index (χ1) is 15.2. The third kappa shape index (κ3) is 6.24. The van der Waals surface area contributed by atoms with Crippen LogP contribution in [0.1, 0.15) is 15.9 Å². The molecule has 2 amide bonds. The molecule has 0 bridgehead atoms. The van der Waals surface area contributed by atoms with Gasteiger partial charge in [0.1, 0.15) is 11.5 Å². The lowest BCUT2D eigenvalue weighted by Crippen LogP contribution is -2.20. The predicted molar refractivity (Wildman–Crippen MR) is 113 cm³/mol. The van der Waals surface area contributed by atoms with Gasteiger partial charge in [-0.25, -0.2) is 0 Å². The highest BCUT2D eigenvalue weighted by Crippen LogP contribution is 2.30. The Bertz CT molecular complexity index is 1080. The van der Waals surface area contributed by atoms with E-state index in [4.69, 9.17) is 9.47 Å². The molecule has 0 aliphatic heterocycles. The molecular formula is C23H19F3N2O4. The summed E-state index contributed by atoms with van der Waals surface area (Å²) in [6.45, 7) is -0.409. The van der Waals surface area contributed by atoms with Crippen LogP contribution in [0.25, 0.3) is 0 Å². The maximum atomic E-state index is 12.7. The van der Waals surface area contributed by atoms with Crippen LogP contribution < -0.4 is 20.1 Å². The molecule has 0 spiro atoms. The molecule has 3 aromatic carbocycles. The predicted octanol–water partition coefficient (Wildman–Crippen LogP) is 4.98. The Balaban J connectivity index is 1.52. The Morgan fingerprint density at radius 1 is 0.844 bits per heavy atom. The zero-order valence-electron chi connectivity index (χ0n) is 16.9. The number of ether oxygens (including phenoxy) is 2. The fraction of sp³-hybridized carbons (Fsp3) is 0.130. The highest BCUT2D eigenvalue weighted by Gasteiger charge is 2.30. The highest BCUT2D eigenvalue weighted by atomic mass is 19.4. The molecule has 2 N–H and O–H groups in total. The van der Waals surface area contributed by atoms with Crippen LogP contribution in [0.5, 0.6) is 11.5 Å². The van der Waals surface area contributed by atoms with Gasteiger partial charge in [0.15, 0.2) is 6.61 Å². The van der Waals surface area contributed by atoms with Crippen LogP contribution in [-0.4, -0.2) is 25.5 Å². The number of methoxy groups -OCH3 is 1. The fourth-order valence-corrected chi connectivity index (χ4v) is 2.70. The smallest absolute Gasteiger partial charge is 0.416 e. The molecule has 6 nitrogen and oxygen atoms in total. The van der Waals surface area contributed by atoms with Gasteiger partial charge in [-0.3, -0.25) is 9.59 Å². The van der Waals surface area contributed by atoms with Crippen molar-refractivity contribution < 1.29 is 32.2 Å². The van der Waals surface area contributed by atoms with E-state index in [0.29, 0.717) is 22.7 Å². The number of carbonyl (C=O) groups is 2. The van der Waals surface area contributed by atoms with Gasteiger partial charge in [0, 0.05) is 16.9 Å². The molecule has 32 heavy (non-hydrogen) atoms. The summed E-state index contributed by atoms with van der Waals surface area (Å²) in [6, 6.07) is 17.2. The van der Waals surface area contributed by atoms with E-state index in [-0.39, 0.29) is 11.6 Å². The van der Waals surface area contributed by atoms with Gasteiger partial charge in [-0.2, -0.15) is 13.2 Å². The summed E-state index contributed by atoms with van der Waals surface area (Å²) in [6.07, 6.45) is -4.50. The summed E-state index contributed by atoms with van der Waals surface area (Å²) in [5, 5.41) is 5.09. The second kappa shape index (κ2) is 9.86. The van der Waals surface area contributed by atoms with E-state index in [1.807, 2.05) is 0 Å². The maximum Gasteiger partial charge on any atom is 0.416 e. The number of alkyl halides is 3. The number of carbonyl (C=O) groups excluding carboxylic acids is 2. The van der Waals surface area contributed by atoms with E-state index >= 15 is 0 Å². The molecule has 0 atom stereocenters. The van der Waals surface area contributed by atoms with Crippen molar-refractivity contribution in [3.8, 4) is 11.5 Å². The molecule has 0 unspecified atom stereocenters. The summed E-state index contributed by atoms with van der Waals surface area (Å²) < 4.78 is 48.6. The average molecular weight is 444 g/mol. The third-order valence-electron chi connectivity index (χ3n) is 4.31. The summed E-state index contributed by atoms with van der Waals surface area (Å²) >= 11 is 0. The molecule has 0 aliphatic rings. The van der Waals surface area contributed by atoms with Gasteiger partial charge in [-0.1, -0.05) is 6.07 Å². The van der Waals surface area contributed by atoms with Crippen molar-refractivity contribution >= 4 is 23.2 Å². The normalized spacial score (nSPS) is 10.9. The summed E-state index contributed by atoms with van der Waals surface area (Å²) in [7, 11) is 1.55. The Morgan fingerprint density at radius 3 is 2.12 bits per heavy atom. The van der Waals surface area contributed by atoms with Crippen molar-refractivity contribution in [1.82, 2.24) is 0 Å². The van der Waals surface area contributed by atoms with Crippen molar-refractivity contribution in [3.63, 3.8) is 0 Å². The van der Waals surface area contributed by atoms with Crippen molar-refractivity contribution in [2.45, 2.75) is 6.18 Å². The summed E-state index contributed by atoms with van der Waals surface area (Å²) in [5.74, 6) is 0.0430. The Hall–Kier alpha value is -4.01. The average Bonchev–Trinajstić information content (AvgIpc) is 2.78. The Morgan fingerprint density at radius 2 is 1.50 bits per heavy atom. The number of amides is 2. The minimum Gasteiger partial charge on any atom is -0.497 e. The number of anilines is 2. The standard InChI is InChI=1S/C23H19F3N2O4/c1-31-19-11-7-17(8-12-19)28-22(30)15-5-9-20(10-6-15)32-14-21(29)27-18-4-2-3-16(13-18)23(24,25)26/h2-13H,14H2,1H3,(H,27,29)(H,28,30). The van der Waals surface area contributed by atoms with Gasteiger partial charge in [0.05, 0.1) is 12.7 Å². The number of rotatable bonds is 7. The minimum absolute atomic E-state index is 0.0129. The quantitative estimate of drug-likeness (QED) is 0.539. The summed E-state index contributed by atoms with van der Waals surface area (Å²) in [5.41, 5.74) is 0.127. The topological polar surface area (TPSA) is 76.7 Å². The van der Waals surface area contributed by atoms with Crippen LogP contribution in [0, 0.1) is 0 Å². The largest absolute Gasteiger partial charge is 0.497 e. The second-order valence-corrected chi connectivity index (χ2v) is 6.62. The van der Waals surface area contributed by atoms with Gasteiger partial charge in [0.25, 0.3) is 11.8 Å². The number of nitrogens with one attached hydrogen (secondary N) is 2. The van der Waals surface area contributed by atoms with Crippen LogP contribution in [-0.2, 0) is 11.0 Å². The first kappa shape index (κ1) is 22.7. The van der Waals surface area contributed by atoms with Crippen LogP contribution >= 0.6 is 0 Å². The highest BCUT2D eigenvalue weighted by molar-refractivity contribution is 6.04. The van der Waals surface area contributed by atoms with Crippen molar-refractivity contribution in [3.05, 3.63) is 83.9 Å². The molecular weight excluding hydrogens is 425 g/mol. The molecule has 3 rings (SSSR count). The Kier molecular flexibility index (Phi) is 6.99. The monoisotopic (exact) mass is 444 g/mol. The second-order valence-electron chi connectivity index (χ2n) is 6.62. The van der Waals surface area contributed by atoms with Crippen molar-refractivity contribution in [2.24, 2.45) is 0 Å². The molecule has 0 aromatic heterocycles. The lowest BCUT2D eigenvalue weighted by atomic mass is 10.2. The SMILES string of the molecule is COc1ccc(NC(=O)c2ccc(OCC(=O)Nc3cccc(C(F)(F)F)c3)cc2)cc1. The van der Waals surface area contributed by atoms with Gasteiger partial charge in [-0.15, -0.1) is 0 Å². The van der Waals surface area contributed by atoms with E-state index < -0.39 is 24.3 Å². The van der Waals surface area contributed by atoms with Crippen LogP contribution in [0.3, 0.4) is 0 Å². The summed E-state index contributed by atoms with van der Waals surface area (Å²) in [4.78, 5) is 24.3. The molecule has 0 fully saturated rings. The molecule has 0 saturated heterocycles. The lowest BCUT2D eigenvalue weighted by molar-refractivity contribution is -0.137. The third-order valence-corrected chi connectivity index (χ3v) is 4.31. The van der Waals surface area contributed by atoms with E-state index in [0.717, 1.165) is 12.1 Å². The fourth-order valence-electron chi connectivity index (χ4n) is 2.70. The molecule has 0 heterocycles. The zero-order chi connectivity index (χ0) is 23.1. The lowest BCUT2D eigenvalue weighted by Gasteiger charge is -2.11. The molecule has 3 aromatic rings. The van der Waals surface area contributed by atoms with Crippen LogP contribution in [0.15, 0.2) is 72.8 Å². The van der Waals surface area contributed by atoms with Gasteiger partial charge < -0.3 is 20.1 Å². The molecule has 166 valence electrons. The molecule has 0 radical (unpaired) electrons. The minimum atomic E-state index is -4.50. The van der Waals surface area contributed by atoms with E-state index in [1.165, 1.54) is 36.4 Å². The van der Waals surface area contributed by atoms with E-state index in [1.54, 1.807) is 31.4 Å². The van der Waals surface area contributed by atoms with Crippen molar-refractivity contribution in [1.29, 1.82) is 0 Å². The number of hydrogen-bond acceptors (Lipinski definition) is 4. The first-order valence-electron chi connectivity index (χ1n) is 9.40. The zero-order valence-corrected chi connectivity index (χ0v) is 16.9. The molecule has 0 aliphatic carbocycles. The molecule has 9 heteroatoms. The van der Waals surface area contributed by atoms with Crippen molar-refractivity contribution in [2.75, 3.05) is 24.4 Å². The number of halogens is 3. The number of benzene rings is 3. The Labute approximate surface area is 182 Å². The van der Waals surface area contributed by atoms with Crippen LogP contribution in [0.2, 0.25) is 0 Å². The van der Waals surface area contributed by atoms with Gasteiger partial charge >= 0.3 is 6.18 Å². The maximum absolute atomic E-state index is 12.7.